The normalized spacial score (nSPS) is 16.2. The van der Waals surface area contributed by atoms with E-state index in [9.17, 15) is 18.0 Å². The molecule has 1 fully saturated rings. The van der Waals surface area contributed by atoms with Crippen molar-refractivity contribution in [3.63, 3.8) is 0 Å². The number of pyridine rings is 1. The Balaban J connectivity index is 1.49. The molecule has 0 amide bonds. The number of hydrogen-bond acceptors (Lipinski definition) is 5. The number of likely N-dealkylation sites (tertiary alicyclic amines) is 1. The van der Waals surface area contributed by atoms with E-state index < -0.39 is 12.7 Å². The highest BCUT2D eigenvalue weighted by atomic mass is 35.5. The molecule has 1 saturated heterocycles. The van der Waals surface area contributed by atoms with Crippen LogP contribution in [-0.4, -0.2) is 46.3 Å². The van der Waals surface area contributed by atoms with E-state index in [4.69, 9.17) is 11.6 Å². The summed E-state index contributed by atoms with van der Waals surface area (Å²) in [5, 5.41) is 7.90. The number of hydrogen-bond donors (Lipinski definition) is 1. The number of alkyl halides is 3. The first kappa shape index (κ1) is 25.8. The molecule has 0 saturated carbocycles. The predicted molar refractivity (Wildman–Crippen MR) is 143 cm³/mol. The topological polar surface area (TPSA) is 50.2 Å². The second-order valence-electron chi connectivity index (χ2n) is 9.40. The SMILES string of the molecule is Cn1c(=O)cc(NC2CCN(CC(F)(F)F)CC2)c2cc(C(c3ccc(Cl)cc3)c3nccs3)ccc21. The number of aryl methyl sites for hydroxylation is 1. The van der Waals surface area contributed by atoms with Gasteiger partial charge in [-0.3, -0.25) is 9.69 Å². The molecule has 3 heterocycles. The summed E-state index contributed by atoms with van der Waals surface area (Å²) < 4.78 is 40.0. The fourth-order valence-electron chi connectivity index (χ4n) is 5.00. The lowest BCUT2D eigenvalue weighted by Gasteiger charge is -2.33. The van der Waals surface area contributed by atoms with Crippen molar-refractivity contribution in [1.29, 1.82) is 0 Å². The van der Waals surface area contributed by atoms with E-state index in [-0.39, 0.29) is 17.5 Å². The van der Waals surface area contributed by atoms with Crippen LogP contribution in [0.3, 0.4) is 0 Å². The van der Waals surface area contributed by atoms with Crippen molar-refractivity contribution in [3.8, 4) is 0 Å². The molecule has 0 spiro atoms. The van der Waals surface area contributed by atoms with Crippen LogP contribution >= 0.6 is 22.9 Å². The van der Waals surface area contributed by atoms with Gasteiger partial charge in [0.15, 0.2) is 0 Å². The third-order valence-electron chi connectivity index (χ3n) is 6.86. The molecular formula is C27H26ClF3N4OS. The number of nitrogens with zero attached hydrogens (tertiary/aromatic N) is 3. The van der Waals surface area contributed by atoms with Gasteiger partial charge in [-0.25, -0.2) is 4.98 Å². The van der Waals surface area contributed by atoms with Crippen molar-refractivity contribution in [2.24, 2.45) is 7.05 Å². The Kier molecular flexibility index (Phi) is 7.29. The number of benzene rings is 2. The molecule has 37 heavy (non-hydrogen) atoms. The van der Waals surface area contributed by atoms with Gasteiger partial charge < -0.3 is 9.88 Å². The Labute approximate surface area is 221 Å². The molecule has 194 valence electrons. The van der Waals surface area contributed by atoms with Crippen LogP contribution in [0.1, 0.15) is 34.9 Å². The molecule has 0 radical (unpaired) electrons. The number of nitrogens with one attached hydrogen (secondary N) is 1. The van der Waals surface area contributed by atoms with E-state index in [1.165, 1.54) is 4.90 Å². The first-order valence-electron chi connectivity index (χ1n) is 12.0. The van der Waals surface area contributed by atoms with E-state index in [1.54, 1.807) is 35.2 Å². The minimum absolute atomic E-state index is 0.0190. The van der Waals surface area contributed by atoms with Crippen molar-refractivity contribution in [2.75, 3.05) is 25.0 Å². The first-order valence-corrected chi connectivity index (χ1v) is 13.3. The standard InChI is InChI=1S/C27H26ClF3N4OS/c1-34-23-7-4-18(25(26-32-10-13-37-26)17-2-5-19(28)6-3-17)14-21(23)22(15-24(34)36)33-20-8-11-35(12-9-20)16-27(29,30)31/h2-7,10,13-15,20,25,33H,8-9,11-12,16H2,1H3. The van der Waals surface area contributed by atoms with E-state index in [0.29, 0.717) is 36.6 Å². The third-order valence-corrected chi connectivity index (χ3v) is 7.95. The van der Waals surface area contributed by atoms with Gasteiger partial charge in [0.05, 0.1) is 18.0 Å². The zero-order valence-electron chi connectivity index (χ0n) is 20.1. The van der Waals surface area contributed by atoms with Crippen molar-refractivity contribution >= 4 is 39.5 Å². The fourth-order valence-corrected chi connectivity index (χ4v) is 5.91. The van der Waals surface area contributed by atoms with Crippen LogP contribution in [0.2, 0.25) is 5.02 Å². The van der Waals surface area contributed by atoms with Gasteiger partial charge in [-0.2, -0.15) is 13.2 Å². The van der Waals surface area contributed by atoms with Crippen LogP contribution in [0.4, 0.5) is 18.9 Å². The maximum atomic E-state index is 12.8. The monoisotopic (exact) mass is 546 g/mol. The lowest BCUT2D eigenvalue weighted by molar-refractivity contribution is -0.147. The second kappa shape index (κ2) is 10.5. The Morgan fingerprint density at radius 2 is 1.81 bits per heavy atom. The van der Waals surface area contributed by atoms with Gasteiger partial charge in [0, 0.05) is 59.9 Å². The number of rotatable bonds is 6. The Morgan fingerprint density at radius 1 is 1.11 bits per heavy atom. The van der Waals surface area contributed by atoms with Gasteiger partial charge in [0.1, 0.15) is 5.01 Å². The molecule has 4 aromatic rings. The Hall–Kier alpha value is -2.88. The molecular weight excluding hydrogens is 521 g/mol. The van der Waals surface area contributed by atoms with E-state index in [2.05, 4.69) is 16.4 Å². The predicted octanol–water partition coefficient (Wildman–Crippen LogP) is 6.27. The zero-order chi connectivity index (χ0) is 26.2. The summed E-state index contributed by atoms with van der Waals surface area (Å²) >= 11 is 7.71. The largest absolute Gasteiger partial charge is 0.401 e. The molecule has 5 rings (SSSR count). The molecule has 2 aromatic carbocycles. The highest BCUT2D eigenvalue weighted by Crippen LogP contribution is 2.36. The first-order chi connectivity index (χ1) is 17.7. The molecule has 1 atom stereocenters. The van der Waals surface area contributed by atoms with E-state index in [1.807, 2.05) is 41.8 Å². The van der Waals surface area contributed by atoms with Gasteiger partial charge >= 0.3 is 6.18 Å². The van der Waals surface area contributed by atoms with E-state index in [0.717, 1.165) is 27.0 Å². The average Bonchev–Trinajstić information content (AvgIpc) is 3.38. The minimum Gasteiger partial charge on any atom is -0.382 e. The molecule has 1 unspecified atom stereocenters. The average molecular weight is 547 g/mol. The molecule has 0 aliphatic carbocycles. The molecule has 1 N–H and O–H groups in total. The van der Waals surface area contributed by atoms with Gasteiger partial charge in [0.2, 0.25) is 0 Å². The number of fused-ring (bicyclic) bond motifs is 1. The van der Waals surface area contributed by atoms with Crippen LogP contribution in [0, 0.1) is 0 Å². The van der Waals surface area contributed by atoms with E-state index >= 15 is 0 Å². The van der Waals surface area contributed by atoms with Gasteiger partial charge in [-0.1, -0.05) is 29.8 Å². The maximum Gasteiger partial charge on any atom is 0.401 e. The summed E-state index contributed by atoms with van der Waals surface area (Å²) in [5.74, 6) is -0.114. The number of anilines is 1. The summed E-state index contributed by atoms with van der Waals surface area (Å²) in [6, 6.07) is 15.3. The highest BCUT2D eigenvalue weighted by molar-refractivity contribution is 7.09. The van der Waals surface area contributed by atoms with Gasteiger partial charge in [-0.05, 0) is 48.2 Å². The molecule has 2 aromatic heterocycles. The van der Waals surface area contributed by atoms with Crippen molar-refractivity contribution in [2.45, 2.75) is 31.0 Å². The number of aromatic nitrogens is 2. The van der Waals surface area contributed by atoms with Gasteiger partial charge in [-0.15, -0.1) is 11.3 Å². The molecule has 1 aliphatic heterocycles. The fraction of sp³-hybridized carbons (Fsp3) is 0.333. The lowest BCUT2D eigenvalue weighted by Crippen LogP contribution is -2.43. The number of piperidine rings is 1. The van der Waals surface area contributed by atoms with Crippen LogP contribution in [0.25, 0.3) is 10.9 Å². The lowest BCUT2D eigenvalue weighted by atomic mass is 9.90. The summed E-state index contributed by atoms with van der Waals surface area (Å²) in [4.78, 5) is 18.7. The van der Waals surface area contributed by atoms with Gasteiger partial charge in [0.25, 0.3) is 5.56 Å². The van der Waals surface area contributed by atoms with Crippen LogP contribution in [0.15, 0.2) is 64.9 Å². The third kappa shape index (κ3) is 5.84. The molecule has 0 bridgehead atoms. The molecule has 5 nitrogen and oxygen atoms in total. The minimum atomic E-state index is -4.20. The van der Waals surface area contributed by atoms with Crippen LogP contribution in [0.5, 0.6) is 0 Å². The summed E-state index contributed by atoms with van der Waals surface area (Å²) in [7, 11) is 1.74. The second-order valence-corrected chi connectivity index (χ2v) is 10.8. The summed E-state index contributed by atoms with van der Waals surface area (Å²) in [5.41, 5.74) is 3.40. The van der Waals surface area contributed by atoms with Crippen molar-refractivity contribution in [1.82, 2.24) is 14.5 Å². The Morgan fingerprint density at radius 3 is 2.46 bits per heavy atom. The van der Waals surface area contributed by atoms with Crippen molar-refractivity contribution < 1.29 is 13.2 Å². The number of halogens is 4. The number of thiazole rings is 1. The summed E-state index contributed by atoms with van der Waals surface area (Å²) in [6.07, 6.45) is -1.28. The molecule has 1 aliphatic rings. The maximum absolute atomic E-state index is 12.8. The Bertz CT molecular complexity index is 1430. The molecule has 10 heteroatoms. The highest BCUT2D eigenvalue weighted by Gasteiger charge is 2.32. The summed E-state index contributed by atoms with van der Waals surface area (Å²) in [6.45, 7) is -0.178. The van der Waals surface area contributed by atoms with Crippen LogP contribution in [-0.2, 0) is 7.05 Å². The zero-order valence-corrected chi connectivity index (χ0v) is 21.7. The van der Waals surface area contributed by atoms with Crippen LogP contribution < -0.4 is 10.9 Å². The van der Waals surface area contributed by atoms with Crippen molar-refractivity contribution in [3.05, 3.63) is 91.6 Å². The smallest absolute Gasteiger partial charge is 0.382 e. The quantitative estimate of drug-likeness (QED) is 0.310.